The summed E-state index contributed by atoms with van der Waals surface area (Å²) in [5, 5.41) is 2.40. The number of nitrogens with zero attached hydrogens (tertiary/aromatic N) is 1. The Hall–Kier alpha value is -1.43. The van der Waals surface area contributed by atoms with Crippen molar-refractivity contribution >= 4 is 17.7 Å². The van der Waals surface area contributed by atoms with E-state index in [9.17, 15) is 14.4 Å². The van der Waals surface area contributed by atoms with Crippen molar-refractivity contribution < 1.29 is 19.1 Å². The van der Waals surface area contributed by atoms with Gasteiger partial charge < -0.3 is 10.1 Å². The molecule has 1 N–H and O–H groups in total. The van der Waals surface area contributed by atoms with Gasteiger partial charge in [-0.05, 0) is 21.0 Å². The minimum absolute atomic E-state index is 0.00553. The molecule has 0 radical (unpaired) electrons. The van der Waals surface area contributed by atoms with E-state index in [1.165, 1.54) is 6.92 Å². The molecule has 0 aromatic carbocycles. The summed E-state index contributed by atoms with van der Waals surface area (Å²) >= 11 is 0. The third-order valence-corrected chi connectivity index (χ3v) is 1.57. The molecular weight excluding hydrogens is 212 g/mol. The zero-order chi connectivity index (χ0) is 12.6. The standard InChI is InChI=1S/C10H18N2O4/c1-8(13)6-11-9(14)4-5-10(15)16-7-12(2)3/h4-7H2,1-3H3,(H,11,14). The number of rotatable bonds is 7. The lowest BCUT2D eigenvalue weighted by Gasteiger charge is -2.10. The van der Waals surface area contributed by atoms with E-state index in [1.807, 2.05) is 0 Å². The Labute approximate surface area is 94.9 Å². The zero-order valence-electron chi connectivity index (χ0n) is 9.91. The number of hydrogen-bond acceptors (Lipinski definition) is 5. The van der Waals surface area contributed by atoms with Gasteiger partial charge in [0.25, 0.3) is 0 Å². The third kappa shape index (κ3) is 9.14. The van der Waals surface area contributed by atoms with Crippen LogP contribution >= 0.6 is 0 Å². The van der Waals surface area contributed by atoms with Gasteiger partial charge in [0.2, 0.25) is 5.91 Å². The normalized spacial score (nSPS) is 10.0. The first-order valence-corrected chi connectivity index (χ1v) is 4.98. The molecule has 0 aromatic rings. The van der Waals surface area contributed by atoms with E-state index in [0.717, 1.165) is 0 Å². The molecule has 1 amide bonds. The smallest absolute Gasteiger partial charge is 0.307 e. The lowest BCUT2D eigenvalue weighted by molar-refractivity contribution is -0.148. The maximum atomic E-state index is 11.1. The van der Waals surface area contributed by atoms with Crippen LogP contribution in [0, 0.1) is 0 Å². The molecule has 0 atom stereocenters. The minimum Gasteiger partial charge on any atom is -0.449 e. The van der Waals surface area contributed by atoms with Crippen LogP contribution in [-0.4, -0.2) is 49.9 Å². The van der Waals surface area contributed by atoms with E-state index >= 15 is 0 Å². The molecule has 0 spiro atoms. The number of hydrogen-bond donors (Lipinski definition) is 1. The third-order valence-electron chi connectivity index (χ3n) is 1.57. The van der Waals surface area contributed by atoms with Gasteiger partial charge in [-0.3, -0.25) is 19.3 Å². The van der Waals surface area contributed by atoms with Crippen molar-refractivity contribution in [3.05, 3.63) is 0 Å². The molecule has 0 aliphatic rings. The van der Waals surface area contributed by atoms with Crippen molar-refractivity contribution in [1.29, 1.82) is 0 Å². The van der Waals surface area contributed by atoms with Crippen LogP contribution in [0.2, 0.25) is 0 Å². The Morgan fingerprint density at radius 2 is 1.81 bits per heavy atom. The largest absolute Gasteiger partial charge is 0.449 e. The van der Waals surface area contributed by atoms with Crippen molar-refractivity contribution in [1.82, 2.24) is 10.2 Å². The number of ketones is 1. The molecule has 0 aromatic heterocycles. The first kappa shape index (κ1) is 14.6. The summed E-state index contributed by atoms with van der Waals surface area (Å²) in [6.45, 7) is 1.59. The Bertz CT molecular complexity index is 264. The summed E-state index contributed by atoms with van der Waals surface area (Å²) in [4.78, 5) is 34.5. The average Bonchev–Trinajstić information content (AvgIpc) is 2.20. The summed E-state index contributed by atoms with van der Waals surface area (Å²) < 4.78 is 4.82. The van der Waals surface area contributed by atoms with E-state index in [-0.39, 0.29) is 37.8 Å². The van der Waals surface area contributed by atoms with Crippen LogP contribution in [0.25, 0.3) is 0 Å². The summed E-state index contributed by atoms with van der Waals surface area (Å²) in [7, 11) is 3.54. The van der Waals surface area contributed by atoms with Crippen molar-refractivity contribution in [2.75, 3.05) is 27.4 Å². The fourth-order valence-corrected chi connectivity index (χ4v) is 0.800. The van der Waals surface area contributed by atoms with Crippen molar-refractivity contribution in [3.8, 4) is 0 Å². The molecule has 0 rings (SSSR count). The van der Waals surface area contributed by atoms with E-state index < -0.39 is 5.97 Å². The van der Waals surface area contributed by atoms with Crippen molar-refractivity contribution in [2.45, 2.75) is 19.8 Å². The van der Waals surface area contributed by atoms with E-state index in [0.29, 0.717) is 0 Å². The number of amides is 1. The van der Waals surface area contributed by atoms with Gasteiger partial charge in [0, 0.05) is 6.42 Å². The second-order valence-corrected chi connectivity index (χ2v) is 3.70. The van der Waals surface area contributed by atoms with Gasteiger partial charge in [0.15, 0.2) is 0 Å². The number of ether oxygens (including phenoxy) is 1. The lowest BCUT2D eigenvalue weighted by Crippen LogP contribution is -2.29. The van der Waals surface area contributed by atoms with Crippen LogP contribution in [0.5, 0.6) is 0 Å². The molecule has 0 bridgehead atoms. The van der Waals surface area contributed by atoms with E-state index in [2.05, 4.69) is 5.32 Å². The highest BCUT2D eigenvalue weighted by atomic mass is 16.5. The molecule has 0 aliphatic carbocycles. The fraction of sp³-hybridized carbons (Fsp3) is 0.700. The maximum Gasteiger partial charge on any atom is 0.307 e. The maximum absolute atomic E-state index is 11.1. The van der Waals surface area contributed by atoms with Crippen LogP contribution in [0.15, 0.2) is 0 Å². The predicted molar refractivity (Wildman–Crippen MR) is 57.6 cm³/mol. The number of Topliss-reactive ketones (excluding diaryl/α,β-unsaturated/α-hetero) is 1. The highest BCUT2D eigenvalue weighted by Crippen LogP contribution is 1.93. The number of nitrogens with one attached hydrogen (secondary N) is 1. The van der Waals surface area contributed by atoms with Crippen LogP contribution in [0.4, 0.5) is 0 Å². The lowest BCUT2D eigenvalue weighted by atomic mass is 10.3. The molecular formula is C10H18N2O4. The van der Waals surface area contributed by atoms with E-state index in [4.69, 9.17) is 4.74 Å². The Balaban J connectivity index is 3.59. The monoisotopic (exact) mass is 230 g/mol. The molecule has 0 unspecified atom stereocenters. The fourth-order valence-electron chi connectivity index (χ4n) is 0.800. The van der Waals surface area contributed by atoms with Crippen molar-refractivity contribution in [3.63, 3.8) is 0 Å². The predicted octanol–water partition coefficient (Wildman–Crippen LogP) is -0.466. The van der Waals surface area contributed by atoms with Crippen LogP contribution in [0.1, 0.15) is 19.8 Å². The van der Waals surface area contributed by atoms with Crippen LogP contribution < -0.4 is 5.32 Å². The molecule has 0 heterocycles. The Morgan fingerprint density at radius 1 is 1.19 bits per heavy atom. The molecule has 6 nitrogen and oxygen atoms in total. The van der Waals surface area contributed by atoms with Crippen LogP contribution in [0.3, 0.4) is 0 Å². The molecule has 92 valence electrons. The average molecular weight is 230 g/mol. The molecule has 0 saturated heterocycles. The number of carbonyl (C=O) groups is 3. The summed E-state index contributed by atoms with van der Waals surface area (Å²) in [6.07, 6.45) is 0.0666. The SMILES string of the molecule is CC(=O)CNC(=O)CCC(=O)OCN(C)C. The van der Waals surface area contributed by atoms with Gasteiger partial charge in [-0.15, -0.1) is 0 Å². The molecule has 16 heavy (non-hydrogen) atoms. The second kappa shape index (κ2) is 7.81. The first-order chi connectivity index (χ1) is 7.41. The molecule has 0 fully saturated rings. The zero-order valence-corrected chi connectivity index (χ0v) is 9.91. The highest BCUT2D eigenvalue weighted by Gasteiger charge is 2.08. The van der Waals surface area contributed by atoms with Gasteiger partial charge in [0.05, 0.1) is 13.0 Å². The summed E-state index contributed by atoms with van der Waals surface area (Å²) in [5.74, 6) is -0.868. The molecule has 6 heteroatoms. The van der Waals surface area contributed by atoms with Crippen molar-refractivity contribution in [2.24, 2.45) is 0 Å². The first-order valence-electron chi connectivity index (χ1n) is 4.98. The van der Waals surface area contributed by atoms with E-state index in [1.54, 1.807) is 19.0 Å². The Kier molecular flexibility index (Phi) is 7.11. The molecule has 0 saturated carbocycles. The van der Waals surface area contributed by atoms with Gasteiger partial charge >= 0.3 is 5.97 Å². The van der Waals surface area contributed by atoms with Gasteiger partial charge in [0.1, 0.15) is 12.5 Å². The topological polar surface area (TPSA) is 75.7 Å². The Morgan fingerprint density at radius 3 is 2.31 bits per heavy atom. The summed E-state index contributed by atoms with van der Waals surface area (Å²) in [6, 6.07) is 0. The van der Waals surface area contributed by atoms with Crippen LogP contribution in [-0.2, 0) is 19.1 Å². The highest BCUT2D eigenvalue weighted by molar-refractivity contribution is 5.86. The number of carbonyl (C=O) groups excluding carboxylic acids is 3. The summed E-state index contributed by atoms with van der Waals surface area (Å²) in [5.41, 5.74) is 0. The van der Waals surface area contributed by atoms with Gasteiger partial charge in [-0.1, -0.05) is 0 Å². The van der Waals surface area contributed by atoms with Gasteiger partial charge in [-0.25, -0.2) is 0 Å². The van der Waals surface area contributed by atoms with Gasteiger partial charge in [-0.2, -0.15) is 0 Å². The molecule has 0 aliphatic heterocycles. The second-order valence-electron chi connectivity index (χ2n) is 3.70. The quantitative estimate of drug-likeness (QED) is 0.473. The minimum atomic E-state index is -0.424. The number of esters is 1.